The number of hydrogen-bond acceptors (Lipinski definition) is 2. The van der Waals surface area contributed by atoms with Crippen LogP contribution in [0.2, 0.25) is 0 Å². The van der Waals surface area contributed by atoms with E-state index in [9.17, 15) is 4.79 Å². The molecule has 1 rings (SSSR count). The molecule has 2 N–H and O–H groups in total. The van der Waals surface area contributed by atoms with Crippen LogP contribution in [-0.2, 0) is 4.79 Å². The number of carbonyl (C=O) groups is 1. The van der Waals surface area contributed by atoms with Gasteiger partial charge in [0.25, 0.3) is 0 Å². The van der Waals surface area contributed by atoms with E-state index in [1.807, 2.05) is 6.92 Å². The van der Waals surface area contributed by atoms with Gasteiger partial charge in [0, 0.05) is 12.1 Å². The zero-order valence-corrected chi connectivity index (χ0v) is 10.2. The Balaban J connectivity index is 2.10. The number of nitrogens with one attached hydrogen (secondary N) is 2. The van der Waals surface area contributed by atoms with Gasteiger partial charge in [0.15, 0.2) is 0 Å². The minimum Gasteiger partial charge on any atom is -0.353 e. The van der Waals surface area contributed by atoms with Gasteiger partial charge in [-0.05, 0) is 39.0 Å². The van der Waals surface area contributed by atoms with E-state index in [4.69, 9.17) is 0 Å². The van der Waals surface area contributed by atoms with E-state index in [0.29, 0.717) is 18.6 Å². The Hall–Kier alpha value is -0.570. The van der Waals surface area contributed by atoms with Crippen LogP contribution < -0.4 is 10.6 Å². The molecule has 0 spiro atoms. The highest BCUT2D eigenvalue weighted by molar-refractivity contribution is 5.78. The van der Waals surface area contributed by atoms with E-state index in [-0.39, 0.29) is 5.91 Å². The Bertz CT molecular complexity index is 202. The maximum atomic E-state index is 11.5. The molecule has 88 valence electrons. The maximum absolute atomic E-state index is 11.5. The summed E-state index contributed by atoms with van der Waals surface area (Å²) < 4.78 is 0. The molecule has 0 aliphatic heterocycles. The second kappa shape index (κ2) is 6.11. The van der Waals surface area contributed by atoms with E-state index in [0.717, 1.165) is 12.3 Å². The Morgan fingerprint density at radius 3 is 2.53 bits per heavy atom. The van der Waals surface area contributed by atoms with Crippen LogP contribution in [0, 0.1) is 5.92 Å². The zero-order valence-electron chi connectivity index (χ0n) is 10.2. The van der Waals surface area contributed by atoms with Gasteiger partial charge in [0.1, 0.15) is 0 Å². The van der Waals surface area contributed by atoms with E-state index in [1.165, 1.54) is 19.3 Å². The fourth-order valence-corrected chi connectivity index (χ4v) is 1.79. The van der Waals surface area contributed by atoms with Crippen molar-refractivity contribution in [3.05, 3.63) is 0 Å². The molecule has 0 aromatic carbocycles. The molecular weight excluding hydrogens is 188 g/mol. The average Bonchev–Trinajstić information content (AvgIpc) is 2.11. The molecule has 1 fully saturated rings. The molecular formula is C12H24N2O. The molecule has 0 aromatic rings. The number of hydrogen-bond donors (Lipinski definition) is 2. The summed E-state index contributed by atoms with van der Waals surface area (Å²) in [7, 11) is 0. The van der Waals surface area contributed by atoms with Gasteiger partial charge in [-0.15, -0.1) is 0 Å². The van der Waals surface area contributed by atoms with E-state index in [2.05, 4.69) is 24.5 Å². The van der Waals surface area contributed by atoms with Gasteiger partial charge >= 0.3 is 0 Å². The molecule has 1 aliphatic carbocycles. The van der Waals surface area contributed by atoms with Crippen molar-refractivity contribution in [2.75, 3.05) is 6.54 Å². The van der Waals surface area contributed by atoms with Crippen molar-refractivity contribution in [3.8, 4) is 0 Å². The van der Waals surface area contributed by atoms with Crippen molar-refractivity contribution in [2.45, 2.75) is 58.5 Å². The van der Waals surface area contributed by atoms with Gasteiger partial charge < -0.3 is 10.6 Å². The van der Waals surface area contributed by atoms with Crippen LogP contribution in [0.15, 0.2) is 0 Å². The van der Waals surface area contributed by atoms with Crippen molar-refractivity contribution in [3.63, 3.8) is 0 Å². The number of rotatable bonds is 6. The Morgan fingerprint density at radius 1 is 1.40 bits per heavy atom. The van der Waals surface area contributed by atoms with Crippen LogP contribution >= 0.6 is 0 Å². The highest BCUT2D eigenvalue weighted by Gasteiger charge is 2.23. The Labute approximate surface area is 93.0 Å². The fourth-order valence-electron chi connectivity index (χ4n) is 1.79. The molecule has 2 unspecified atom stereocenters. The third kappa shape index (κ3) is 4.20. The van der Waals surface area contributed by atoms with Gasteiger partial charge in [-0.1, -0.05) is 13.3 Å². The summed E-state index contributed by atoms with van der Waals surface area (Å²) in [6.45, 7) is 6.75. The minimum atomic E-state index is 0.121. The first-order valence-corrected chi connectivity index (χ1v) is 6.16. The molecule has 0 heterocycles. The highest BCUT2D eigenvalue weighted by Crippen LogP contribution is 2.29. The maximum Gasteiger partial charge on any atom is 0.234 e. The first-order chi connectivity index (χ1) is 7.13. The normalized spacial score (nSPS) is 20.5. The predicted octanol–water partition coefficient (Wildman–Crippen LogP) is 1.68. The molecule has 0 bridgehead atoms. The summed E-state index contributed by atoms with van der Waals surface area (Å²) in [5.41, 5.74) is 0. The van der Waals surface area contributed by atoms with E-state index in [1.54, 1.807) is 0 Å². The summed E-state index contributed by atoms with van der Waals surface area (Å²) in [5, 5.41) is 6.26. The molecule has 15 heavy (non-hydrogen) atoms. The van der Waals surface area contributed by atoms with Crippen molar-refractivity contribution < 1.29 is 4.79 Å². The SMILES string of the molecule is CCC(C)NC(=O)CNC(C)C1CCC1. The molecule has 3 heteroatoms. The smallest absolute Gasteiger partial charge is 0.234 e. The Kier molecular flexibility index (Phi) is 5.09. The van der Waals surface area contributed by atoms with Gasteiger partial charge in [-0.2, -0.15) is 0 Å². The third-order valence-electron chi connectivity index (χ3n) is 3.46. The first kappa shape index (κ1) is 12.5. The van der Waals surface area contributed by atoms with Crippen molar-refractivity contribution in [1.29, 1.82) is 0 Å². The second-order valence-electron chi connectivity index (χ2n) is 4.74. The zero-order chi connectivity index (χ0) is 11.3. The summed E-state index contributed by atoms with van der Waals surface area (Å²) in [6, 6.07) is 0.778. The number of carbonyl (C=O) groups excluding carboxylic acids is 1. The monoisotopic (exact) mass is 212 g/mol. The predicted molar refractivity (Wildman–Crippen MR) is 62.7 cm³/mol. The molecule has 0 aromatic heterocycles. The third-order valence-corrected chi connectivity index (χ3v) is 3.46. The lowest BCUT2D eigenvalue weighted by Crippen LogP contribution is -2.44. The van der Waals surface area contributed by atoms with Gasteiger partial charge in [-0.25, -0.2) is 0 Å². The summed E-state index contributed by atoms with van der Waals surface area (Å²) >= 11 is 0. The van der Waals surface area contributed by atoms with Crippen LogP contribution in [0.25, 0.3) is 0 Å². The van der Waals surface area contributed by atoms with Gasteiger partial charge in [-0.3, -0.25) is 4.79 Å². The molecule has 3 nitrogen and oxygen atoms in total. The standard InChI is InChI=1S/C12H24N2O/c1-4-9(2)14-12(15)8-13-10(3)11-6-5-7-11/h9-11,13H,4-8H2,1-3H3,(H,14,15). The van der Waals surface area contributed by atoms with E-state index >= 15 is 0 Å². The van der Waals surface area contributed by atoms with E-state index < -0.39 is 0 Å². The topological polar surface area (TPSA) is 41.1 Å². The molecule has 1 aliphatic rings. The fraction of sp³-hybridized carbons (Fsp3) is 0.917. The summed E-state index contributed by atoms with van der Waals surface area (Å²) in [5.74, 6) is 0.914. The molecule has 0 saturated heterocycles. The van der Waals surface area contributed by atoms with Crippen molar-refractivity contribution in [2.24, 2.45) is 5.92 Å². The largest absolute Gasteiger partial charge is 0.353 e. The lowest BCUT2D eigenvalue weighted by atomic mass is 9.80. The average molecular weight is 212 g/mol. The molecule has 2 atom stereocenters. The molecule has 1 amide bonds. The van der Waals surface area contributed by atoms with Crippen LogP contribution in [-0.4, -0.2) is 24.5 Å². The highest BCUT2D eigenvalue weighted by atomic mass is 16.1. The van der Waals surface area contributed by atoms with Crippen molar-refractivity contribution in [1.82, 2.24) is 10.6 Å². The van der Waals surface area contributed by atoms with Crippen LogP contribution in [0.5, 0.6) is 0 Å². The Morgan fingerprint density at radius 2 is 2.07 bits per heavy atom. The summed E-state index contributed by atoms with van der Waals surface area (Å²) in [4.78, 5) is 11.5. The van der Waals surface area contributed by atoms with Crippen LogP contribution in [0.3, 0.4) is 0 Å². The quantitative estimate of drug-likeness (QED) is 0.703. The molecule has 1 saturated carbocycles. The van der Waals surface area contributed by atoms with Crippen LogP contribution in [0.4, 0.5) is 0 Å². The van der Waals surface area contributed by atoms with Gasteiger partial charge in [0.05, 0.1) is 6.54 Å². The minimum absolute atomic E-state index is 0.121. The first-order valence-electron chi connectivity index (χ1n) is 6.16. The lowest BCUT2D eigenvalue weighted by molar-refractivity contribution is -0.121. The van der Waals surface area contributed by atoms with Crippen molar-refractivity contribution >= 4 is 5.91 Å². The lowest BCUT2D eigenvalue weighted by Gasteiger charge is -2.32. The number of amides is 1. The molecule has 0 radical (unpaired) electrons. The second-order valence-corrected chi connectivity index (χ2v) is 4.74. The summed E-state index contributed by atoms with van der Waals surface area (Å²) in [6.07, 6.45) is 4.99. The van der Waals surface area contributed by atoms with Crippen LogP contribution in [0.1, 0.15) is 46.5 Å². The van der Waals surface area contributed by atoms with Gasteiger partial charge in [0.2, 0.25) is 5.91 Å².